The number of carboxylic acids is 1. The quantitative estimate of drug-likeness (QED) is 0.655. The van der Waals surface area contributed by atoms with Crippen LogP contribution in [-0.4, -0.2) is 83.4 Å². The van der Waals surface area contributed by atoms with Gasteiger partial charge in [0.25, 0.3) is 0 Å². The van der Waals surface area contributed by atoms with Gasteiger partial charge in [0.05, 0.1) is 11.9 Å². The van der Waals surface area contributed by atoms with Gasteiger partial charge in [-0.15, -0.1) is 11.8 Å². The van der Waals surface area contributed by atoms with Gasteiger partial charge in [-0.05, 0) is 7.05 Å². The molecule has 2 N–H and O–H groups in total. The topological polar surface area (TPSA) is 64.0 Å². The van der Waals surface area contributed by atoms with Crippen LogP contribution in [0, 0.1) is 0 Å². The van der Waals surface area contributed by atoms with Gasteiger partial charge in [-0.3, -0.25) is 9.69 Å². The first kappa shape index (κ1) is 13.8. The number of rotatable bonds is 6. The van der Waals surface area contributed by atoms with Gasteiger partial charge in [0.2, 0.25) is 0 Å². The SMILES string of the molecule is CN1CCN(CC(O)CSCC(=O)O)CC1. The highest BCUT2D eigenvalue weighted by Crippen LogP contribution is 2.06. The number of piperazine rings is 1. The van der Waals surface area contributed by atoms with E-state index in [0.29, 0.717) is 12.3 Å². The predicted molar refractivity (Wildman–Crippen MR) is 64.9 cm³/mol. The summed E-state index contributed by atoms with van der Waals surface area (Å²) in [6.45, 7) is 4.69. The molecule has 1 rings (SSSR count). The molecule has 1 aliphatic heterocycles. The van der Waals surface area contributed by atoms with E-state index in [1.54, 1.807) is 0 Å². The largest absolute Gasteiger partial charge is 0.481 e. The number of hydrogen-bond donors (Lipinski definition) is 2. The van der Waals surface area contributed by atoms with Crippen molar-refractivity contribution in [3.8, 4) is 0 Å². The Bertz CT molecular complexity index is 220. The molecule has 0 aromatic carbocycles. The Morgan fingerprint density at radius 1 is 1.38 bits per heavy atom. The van der Waals surface area contributed by atoms with Gasteiger partial charge in [0.15, 0.2) is 0 Å². The first-order chi connectivity index (χ1) is 7.58. The fourth-order valence-corrected chi connectivity index (χ4v) is 2.33. The maximum atomic E-state index is 10.3. The van der Waals surface area contributed by atoms with Gasteiger partial charge in [0, 0.05) is 38.5 Å². The minimum Gasteiger partial charge on any atom is -0.481 e. The van der Waals surface area contributed by atoms with Crippen molar-refractivity contribution in [2.75, 3.05) is 51.3 Å². The molecule has 1 saturated heterocycles. The molecule has 0 aromatic heterocycles. The van der Waals surface area contributed by atoms with Crippen molar-refractivity contribution in [3.63, 3.8) is 0 Å². The number of carbonyl (C=O) groups is 1. The molecular formula is C10H20N2O3S. The van der Waals surface area contributed by atoms with E-state index in [-0.39, 0.29) is 5.75 Å². The fourth-order valence-electron chi connectivity index (χ4n) is 1.66. The number of aliphatic carboxylic acids is 1. The summed E-state index contributed by atoms with van der Waals surface area (Å²) >= 11 is 1.27. The Hall–Kier alpha value is -0.300. The lowest BCUT2D eigenvalue weighted by molar-refractivity contribution is -0.133. The lowest BCUT2D eigenvalue weighted by Gasteiger charge is -2.33. The summed E-state index contributed by atoms with van der Waals surface area (Å²) in [5.74, 6) is -0.255. The summed E-state index contributed by atoms with van der Waals surface area (Å²) in [4.78, 5) is 14.8. The number of aliphatic hydroxyl groups is 1. The third-order valence-corrected chi connectivity index (χ3v) is 3.67. The second-order valence-corrected chi connectivity index (χ2v) is 5.20. The Balaban J connectivity index is 2.09. The van der Waals surface area contributed by atoms with Crippen molar-refractivity contribution in [3.05, 3.63) is 0 Å². The Kier molecular flexibility index (Phi) is 6.12. The number of carboxylic acid groups (broad SMARTS) is 1. The molecule has 0 aromatic rings. The highest BCUT2D eigenvalue weighted by molar-refractivity contribution is 7.99. The monoisotopic (exact) mass is 248 g/mol. The van der Waals surface area contributed by atoms with Crippen molar-refractivity contribution >= 4 is 17.7 Å². The summed E-state index contributed by atoms with van der Waals surface area (Å²) in [5.41, 5.74) is 0. The molecule has 1 unspecified atom stereocenters. The zero-order valence-corrected chi connectivity index (χ0v) is 10.4. The van der Waals surface area contributed by atoms with Crippen LogP contribution in [-0.2, 0) is 4.79 Å². The molecule has 0 spiro atoms. The van der Waals surface area contributed by atoms with Crippen molar-refractivity contribution in [1.82, 2.24) is 9.80 Å². The molecule has 0 saturated carbocycles. The molecular weight excluding hydrogens is 228 g/mol. The summed E-state index contributed by atoms with van der Waals surface area (Å²) in [7, 11) is 2.09. The number of hydrogen-bond acceptors (Lipinski definition) is 5. The summed E-state index contributed by atoms with van der Waals surface area (Å²) < 4.78 is 0. The first-order valence-corrected chi connectivity index (χ1v) is 6.62. The van der Waals surface area contributed by atoms with Gasteiger partial charge in [-0.25, -0.2) is 0 Å². The van der Waals surface area contributed by atoms with Gasteiger partial charge >= 0.3 is 5.97 Å². The van der Waals surface area contributed by atoms with E-state index in [1.807, 2.05) is 0 Å². The second-order valence-electron chi connectivity index (χ2n) is 4.17. The van der Waals surface area contributed by atoms with Crippen LogP contribution >= 0.6 is 11.8 Å². The van der Waals surface area contributed by atoms with Crippen molar-refractivity contribution in [2.45, 2.75) is 6.10 Å². The zero-order chi connectivity index (χ0) is 12.0. The van der Waals surface area contributed by atoms with Crippen LogP contribution in [0.25, 0.3) is 0 Å². The second kappa shape index (κ2) is 7.11. The number of nitrogens with zero attached hydrogens (tertiary/aromatic N) is 2. The molecule has 16 heavy (non-hydrogen) atoms. The molecule has 1 atom stereocenters. The standard InChI is InChI=1S/C10H20N2O3S/c1-11-2-4-12(5-3-11)6-9(13)7-16-8-10(14)15/h9,13H,2-8H2,1H3,(H,14,15). The molecule has 0 bridgehead atoms. The van der Waals surface area contributed by atoms with E-state index in [0.717, 1.165) is 26.2 Å². The third kappa shape index (κ3) is 5.69. The van der Waals surface area contributed by atoms with E-state index in [9.17, 15) is 9.90 Å². The van der Waals surface area contributed by atoms with Crippen LogP contribution in [0.15, 0.2) is 0 Å². The normalized spacial score (nSPS) is 20.9. The van der Waals surface area contributed by atoms with Crippen molar-refractivity contribution < 1.29 is 15.0 Å². The first-order valence-electron chi connectivity index (χ1n) is 5.46. The van der Waals surface area contributed by atoms with Crippen LogP contribution in [0.2, 0.25) is 0 Å². The van der Waals surface area contributed by atoms with Crippen LogP contribution in [0.4, 0.5) is 0 Å². The van der Waals surface area contributed by atoms with Crippen LogP contribution in [0.1, 0.15) is 0 Å². The van der Waals surface area contributed by atoms with Gasteiger partial charge in [-0.1, -0.05) is 0 Å². The Morgan fingerprint density at radius 2 is 2.00 bits per heavy atom. The number of likely N-dealkylation sites (N-methyl/N-ethyl adjacent to an activating group) is 1. The Labute approximate surface area is 100 Å². The molecule has 1 aliphatic rings. The van der Waals surface area contributed by atoms with E-state index in [4.69, 9.17) is 5.11 Å². The van der Waals surface area contributed by atoms with Gasteiger partial charge in [-0.2, -0.15) is 0 Å². The molecule has 0 aliphatic carbocycles. The maximum Gasteiger partial charge on any atom is 0.313 e. The maximum absolute atomic E-state index is 10.3. The third-order valence-electron chi connectivity index (χ3n) is 2.60. The molecule has 6 heteroatoms. The van der Waals surface area contributed by atoms with Crippen molar-refractivity contribution in [1.29, 1.82) is 0 Å². The molecule has 0 amide bonds. The van der Waals surface area contributed by atoms with Gasteiger partial charge < -0.3 is 15.1 Å². The van der Waals surface area contributed by atoms with Crippen LogP contribution < -0.4 is 0 Å². The molecule has 1 fully saturated rings. The van der Waals surface area contributed by atoms with Crippen molar-refractivity contribution in [2.24, 2.45) is 0 Å². The number of thioether (sulfide) groups is 1. The minimum atomic E-state index is -0.822. The lowest BCUT2D eigenvalue weighted by atomic mass is 10.3. The highest BCUT2D eigenvalue weighted by atomic mass is 32.2. The van der Waals surface area contributed by atoms with E-state index >= 15 is 0 Å². The lowest BCUT2D eigenvalue weighted by Crippen LogP contribution is -2.47. The van der Waals surface area contributed by atoms with E-state index in [1.165, 1.54) is 11.8 Å². The average molecular weight is 248 g/mol. The minimum absolute atomic E-state index is 0.0692. The Morgan fingerprint density at radius 3 is 2.56 bits per heavy atom. The summed E-state index contributed by atoms with van der Waals surface area (Å²) in [5, 5.41) is 18.2. The van der Waals surface area contributed by atoms with E-state index in [2.05, 4.69) is 16.8 Å². The smallest absolute Gasteiger partial charge is 0.313 e. The summed E-state index contributed by atoms with van der Waals surface area (Å²) in [6, 6.07) is 0. The highest BCUT2D eigenvalue weighted by Gasteiger charge is 2.16. The molecule has 1 heterocycles. The zero-order valence-electron chi connectivity index (χ0n) is 9.63. The number of aliphatic hydroxyl groups excluding tert-OH is 1. The molecule has 94 valence electrons. The molecule has 0 radical (unpaired) electrons. The summed E-state index contributed by atoms with van der Waals surface area (Å²) in [6.07, 6.45) is -0.423. The fraction of sp³-hybridized carbons (Fsp3) is 0.900. The van der Waals surface area contributed by atoms with Crippen LogP contribution in [0.3, 0.4) is 0 Å². The molecule has 5 nitrogen and oxygen atoms in total. The van der Waals surface area contributed by atoms with E-state index < -0.39 is 12.1 Å². The average Bonchev–Trinajstić information content (AvgIpc) is 2.21. The van der Waals surface area contributed by atoms with Crippen LogP contribution in [0.5, 0.6) is 0 Å². The number of β-amino-alcohol motifs (C(OH)–C–C–N with tert-alkyl or cyclic N) is 1. The van der Waals surface area contributed by atoms with Gasteiger partial charge in [0.1, 0.15) is 0 Å². The predicted octanol–water partition coefficient (Wildman–Crippen LogP) is -0.587.